The van der Waals surface area contributed by atoms with Crippen LogP contribution in [0.5, 0.6) is 5.75 Å². The van der Waals surface area contributed by atoms with Gasteiger partial charge in [-0.25, -0.2) is 0 Å². The molecule has 1 aromatic heterocycles. The van der Waals surface area contributed by atoms with Crippen LogP contribution in [-0.2, 0) is 4.79 Å². The number of benzene rings is 1. The van der Waals surface area contributed by atoms with Gasteiger partial charge in [0.05, 0.1) is 31.9 Å². The molecule has 1 unspecified atom stereocenters. The number of amides is 1. The fourth-order valence-electron chi connectivity index (χ4n) is 3.06. The van der Waals surface area contributed by atoms with Crippen LogP contribution in [0.4, 0.5) is 0 Å². The van der Waals surface area contributed by atoms with Crippen molar-refractivity contribution >= 4 is 5.91 Å². The number of hydrogen-bond donors (Lipinski definition) is 1. The van der Waals surface area contributed by atoms with E-state index in [0.29, 0.717) is 12.6 Å². The summed E-state index contributed by atoms with van der Waals surface area (Å²) >= 11 is 0. The van der Waals surface area contributed by atoms with Crippen LogP contribution < -0.4 is 10.1 Å². The average molecular weight is 328 g/mol. The van der Waals surface area contributed by atoms with Crippen molar-refractivity contribution < 1.29 is 9.53 Å². The highest BCUT2D eigenvalue weighted by Gasteiger charge is 2.30. The number of nitrogens with zero attached hydrogens (tertiary/aromatic N) is 3. The van der Waals surface area contributed by atoms with Gasteiger partial charge in [-0.05, 0) is 25.5 Å². The van der Waals surface area contributed by atoms with Crippen molar-refractivity contribution in [2.24, 2.45) is 0 Å². The fraction of sp³-hybridized carbons (Fsp3) is 0.444. The predicted molar refractivity (Wildman–Crippen MR) is 92.0 cm³/mol. The monoisotopic (exact) mass is 328 g/mol. The molecule has 3 rings (SSSR count). The van der Waals surface area contributed by atoms with Crippen LogP contribution in [-0.4, -0.2) is 47.3 Å². The van der Waals surface area contributed by atoms with Gasteiger partial charge < -0.3 is 10.1 Å². The Labute approximate surface area is 142 Å². The van der Waals surface area contributed by atoms with E-state index in [-0.39, 0.29) is 11.9 Å². The molecule has 24 heavy (non-hydrogen) atoms. The normalized spacial score (nSPS) is 16.5. The SMILES string of the molecule is COc1ccccc1C(C)NC(=O)CN1CC(n2cc(C)cn2)C1. The third kappa shape index (κ3) is 3.59. The molecule has 1 fully saturated rings. The maximum Gasteiger partial charge on any atom is 0.234 e. The van der Waals surface area contributed by atoms with E-state index in [4.69, 9.17) is 4.74 Å². The molecule has 0 bridgehead atoms. The minimum atomic E-state index is -0.0838. The summed E-state index contributed by atoms with van der Waals surface area (Å²) in [6.45, 7) is 6.14. The first-order valence-electron chi connectivity index (χ1n) is 8.22. The number of aryl methyl sites for hydroxylation is 1. The molecular formula is C18H24N4O2. The fourth-order valence-corrected chi connectivity index (χ4v) is 3.06. The lowest BCUT2D eigenvalue weighted by molar-refractivity contribution is -0.124. The standard InChI is InChI=1S/C18H24N4O2/c1-13-8-19-22(9-13)15-10-21(11-15)12-18(23)20-14(2)16-6-4-5-7-17(16)24-3/h4-9,14-15H,10-12H2,1-3H3,(H,20,23). The molecule has 0 radical (unpaired) electrons. The Bertz CT molecular complexity index is 707. The smallest absolute Gasteiger partial charge is 0.234 e. The second-order valence-electron chi connectivity index (χ2n) is 6.38. The summed E-state index contributed by atoms with van der Waals surface area (Å²) in [6.07, 6.45) is 3.91. The van der Waals surface area contributed by atoms with Gasteiger partial charge in [-0.3, -0.25) is 14.4 Å². The van der Waals surface area contributed by atoms with Gasteiger partial charge in [0.1, 0.15) is 5.75 Å². The summed E-state index contributed by atoms with van der Waals surface area (Å²) in [6, 6.07) is 8.05. The predicted octanol–water partition coefficient (Wildman–Crippen LogP) is 1.93. The van der Waals surface area contributed by atoms with E-state index < -0.39 is 0 Å². The second kappa shape index (κ2) is 7.05. The average Bonchev–Trinajstić information content (AvgIpc) is 2.96. The third-order valence-corrected chi connectivity index (χ3v) is 4.39. The first-order valence-corrected chi connectivity index (χ1v) is 8.22. The first-order chi connectivity index (χ1) is 11.6. The Morgan fingerprint density at radius 3 is 2.83 bits per heavy atom. The van der Waals surface area contributed by atoms with Gasteiger partial charge in [0, 0.05) is 24.8 Å². The molecule has 1 saturated heterocycles. The molecule has 6 nitrogen and oxygen atoms in total. The van der Waals surface area contributed by atoms with Gasteiger partial charge in [0.25, 0.3) is 0 Å². The van der Waals surface area contributed by atoms with E-state index in [9.17, 15) is 4.79 Å². The lowest BCUT2D eigenvalue weighted by Crippen LogP contribution is -2.51. The molecule has 0 aliphatic carbocycles. The van der Waals surface area contributed by atoms with Gasteiger partial charge in [-0.15, -0.1) is 0 Å². The summed E-state index contributed by atoms with van der Waals surface area (Å²) in [5.74, 6) is 0.826. The van der Waals surface area contributed by atoms with Gasteiger partial charge in [-0.2, -0.15) is 5.10 Å². The topological polar surface area (TPSA) is 59.4 Å². The summed E-state index contributed by atoms with van der Waals surface area (Å²) in [4.78, 5) is 14.4. The molecular weight excluding hydrogens is 304 g/mol. The van der Waals surface area contributed by atoms with E-state index in [1.54, 1.807) is 7.11 Å². The molecule has 2 aromatic rings. The number of nitrogens with one attached hydrogen (secondary N) is 1. The number of rotatable bonds is 6. The zero-order chi connectivity index (χ0) is 17.1. The minimum Gasteiger partial charge on any atom is -0.496 e. The molecule has 6 heteroatoms. The number of para-hydroxylation sites is 1. The van der Waals surface area contributed by atoms with Crippen LogP contribution >= 0.6 is 0 Å². The first kappa shape index (κ1) is 16.5. The maximum absolute atomic E-state index is 12.3. The van der Waals surface area contributed by atoms with Crippen molar-refractivity contribution in [2.45, 2.75) is 25.9 Å². The molecule has 1 atom stereocenters. The highest BCUT2D eigenvalue weighted by Crippen LogP contribution is 2.24. The van der Waals surface area contributed by atoms with Crippen LogP contribution in [0.25, 0.3) is 0 Å². The molecule has 1 aliphatic heterocycles. The zero-order valence-electron chi connectivity index (χ0n) is 14.4. The van der Waals surface area contributed by atoms with Crippen molar-refractivity contribution in [1.29, 1.82) is 0 Å². The molecule has 1 aliphatic rings. The van der Waals surface area contributed by atoms with Crippen molar-refractivity contribution in [3.63, 3.8) is 0 Å². The van der Waals surface area contributed by atoms with Gasteiger partial charge in [0.2, 0.25) is 5.91 Å². The van der Waals surface area contributed by atoms with Crippen LogP contribution in [0, 0.1) is 6.92 Å². The number of likely N-dealkylation sites (tertiary alicyclic amines) is 1. The van der Waals surface area contributed by atoms with Crippen molar-refractivity contribution in [1.82, 2.24) is 20.0 Å². The Hall–Kier alpha value is -2.34. The number of aromatic nitrogens is 2. The summed E-state index contributed by atoms with van der Waals surface area (Å²) in [5.41, 5.74) is 2.15. The van der Waals surface area contributed by atoms with Crippen molar-refractivity contribution in [3.8, 4) is 5.75 Å². The lowest BCUT2D eigenvalue weighted by atomic mass is 10.1. The molecule has 2 heterocycles. The Kier molecular flexibility index (Phi) is 4.85. The quantitative estimate of drug-likeness (QED) is 0.880. The Morgan fingerprint density at radius 2 is 2.17 bits per heavy atom. The molecule has 0 saturated carbocycles. The number of hydrogen-bond acceptors (Lipinski definition) is 4. The highest BCUT2D eigenvalue weighted by atomic mass is 16.5. The van der Waals surface area contributed by atoms with Gasteiger partial charge >= 0.3 is 0 Å². The van der Waals surface area contributed by atoms with Crippen LogP contribution in [0.2, 0.25) is 0 Å². The molecule has 128 valence electrons. The van der Waals surface area contributed by atoms with Gasteiger partial charge in [-0.1, -0.05) is 18.2 Å². The Morgan fingerprint density at radius 1 is 1.42 bits per heavy atom. The summed E-state index contributed by atoms with van der Waals surface area (Å²) in [5, 5.41) is 7.38. The zero-order valence-corrected chi connectivity index (χ0v) is 14.4. The maximum atomic E-state index is 12.3. The third-order valence-electron chi connectivity index (χ3n) is 4.39. The highest BCUT2D eigenvalue weighted by molar-refractivity contribution is 5.78. The van der Waals surface area contributed by atoms with Crippen molar-refractivity contribution in [3.05, 3.63) is 47.8 Å². The van der Waals surface area contributed by atoms with Crippen LogP contribution in [0.1, 0.15) is 30.1 Å². The van der Waals surface area contributed by atoms with Gasteiger partial charge in [0.15, 0.2) is 0 Å². The summed E-state index contributed by atoms with van der Waals surface area (Å²) < 4.78 is 7.34. The molecule has 1 amide bonds. The second-order valence-corrected chi connectivity index (χ2v) is 6.38. The van der Waals surface area contributed by atoms with E-state index in [1.807, 2.05) is 55.2 Å². The van der Waals surface area contributed by atoms with Crippen LogP contribution in [0.15, 0.2) is 36.7 Å². The van der Waals surface area contributed by atoms with E-state index in [0.717, 1.165) is 30.0 Å². The Balaban J connectivity index is 1.48. The van der Waals surface area contributed by atoms with Crippen molar-refractivity contribution in [2.75, 3.05) is 26.7 Å². The number of methoxy groups -OCH3 is 1. The molecule has 1 aromatic carbocycles. The number of carbonyl (C=O) groups excluding carboxylic acids is 1. The van der Waals surface area contributed by atoms with E-state index in [1.165, 1.54) is 0 Å². The summed E-state index contributed by atoms with van der Waals surface area (Å²) in [7, 11) is 1.64. The van der Waals surface area contributed by atoms with E-state index in [2.05, 4.69) is 15.3 Å². The van der Waals surface area contributed by atoms with E-state index >= 15 is 0 Å². The molecule has 0 spiro atoms. The van der Waals surface area contributed by atoms with Crippen LogP contribution in [0.3, 0.4) is 0 Å². The molecule has 1 N–H and O–H groups in total. The lowest BCUT2D eigenvalue weighted by Gasteiger charge is -2.38. The minimum absolute atomic E-state index is 0.0310. The number of carbonyl (C=O) groups is 1. The number of ether oxygens (including phenoxy) is 1. The largest absolute Gasteiger partial charge is 0.496 e.